The number of nitrogens with two attached hydrogens (primary N) is 1. The second kappa shape index (κ2) is 7.78. The Labute approximate surface area is 173 Å². The molecular weight excluding hydrogens is 360 g/mol. The molecule has 1 unspecified atom stereocenters. The van der Waals surface area contributed by atoms with E-state index in [1.165, 1.54) is 35.1 Å². The van der Waals surface area contributed by atoms with Gasteiger partial charge in [0, 0.05) is 24.5 Å². The lowest BCUT2D eigenvalue weighted by Gasteiger charge is -2.38. The lowest BCUT2D eigenvalue weighted by molar-refractivity contribution is 0.497. The van der Waals surface area contributed by atoms with E-state index in [1.54, 1.807) is 0 Å². The van der Waals surface area contributed by atoms with Crippen LogP contribution < -0.4 is 16.0 Å². The van der Waals surface area contributed by atoms with Crippen molar-refractivity contribution in [2.24, 2.45) is 15.7 Å². The lowest BCUT2D eigenvalue weighted by atomic mass is 10.1. The number of nitrogens with zero attached hydrogens (tertiary/aromatic N) is 4. The molecular formula is C23H30N6. The molecule has 2 aromatic rings. The monoisotopic (exact) mass is 390 g/mol. The van der Waals surface area contributed by atoms with Gasteiger partial charge in [-0.2, -0.15) is 4.99 Å². The first kappa shape index (κ1) is 19.3. The molecule has 0 aliphatic carbocycles. The van der Waals surface area contributed by atoms with Crippen molar-refractivity contribution in [2.45, 2.75) is 46.8 Å². The normalized spacial score (nSPS) is 19.2. The number of anilines is 2. The zero-order chi connectivity index (χ0) is 20.5. The van der Waals surface area contributed by atoms with E-state index in [2.05, 4.69) is 89.2 Å². The molecule has 2 aliphatic rings. The van der Waals surface area contributed by atoms with Crippen LogP contribution in [0.3, 0.4) is 0 Å². The number of aliphatic imine (C=N–C) groups is 2. The molecule has 0 saturated carbocycles. The summed E-state index contributed by atoms with van der Waals surface area (Å²) in [6, 6.07) is 12.9. The average Bonchev–Trinajstić information content (AvgIpc) is 3.21. The maximum absolute atomic E-state index is 6.15. The number of hydrogen-bond donors (Lipinski definition) is 2. The molecule has 1 atom stereocenters. The Morgan fingerprint density at radius 1 is 0.897 bits per heavy atom. The maximum atomic E-state index is 6.15. The maximum Gasteiger partial charge on any atom is 0.222 e. The van der Waals surface area contributed by atoms with Gasteiger partial charge in [0.2, 0.25) is 18.2 Å². The van der Waals surface area contributed by atoms with Gasteiger partial charge in [-0.05, 0) is 87.1 Å². The molecule has 1 fully saturated rings. The molecule has 4 rings (SSSR count). The second-order valence-corrected chi connectivity index (χ2v) is 8.05. The number of aryl methyl sites for hydroxylation is 4. The van der Waals surface area contributed by atoms with Gasteiger partial charge in [-0.15, -0.1) is 0 Å². The summed E-state index contributed by atoms with van der Waals surface area (Å²) in [7, 11) is 0. The molecule has 2 aromatic carbocycles. The predicted molar refractivity (Wildman–Crippen MR) is 122 cm³/mol. The summed E-state index contributed by atoms with van der Waals surface area (Å²) in [6.45, 7) is 10.5. The summed E-state index contributed by atoms with van der Waals surface area (Å²) in [4.78, 5) is 13.8. The highest BCUT2D eigenvalue weighted by Crippen LogP contribution is 2.27. The Balaban J connectivity index is 1.75. The van der Waals surface area contributed by atoms with Crippen LogP contribution >= 0.6 is 0 Å². The Hall–Kier alpha value is -3.02. The topological polar surface area (TPSA) is 69.2 Å². The van der Waals surface area contributed by atoms with Crippen LogP contribution in [0.15, 0.2) is 46.4 Å². The van der Waals surface area contributed by atoms with Gasteiger partial charge in [-0.25, -0.2) is 4.99 Å². The van der Waals surface area contributed by atoms with Crippen molar-refractivity contribution >= 4 is 23.3 Å². The molecule has 3 N–H and O–H groups in total. The number of rotatable bonds is 3. The van der Waals surface area contributed by atoms with Crippen LogP contribution in [0.2, 0.25) is 0 Å². The summed E-state index contributed by atoms with van der Waals surface area (Å²) < 4.78 is 0. The fraction of sp³-hybridized carbons (Fsp3) is 0.391. The quantitative estimate of drug-likeness (QED) is 0.834. The van der Waals surface area contributed by atoms with Crippen LogP contribution in [-0.4, -0.2) is 36.2 Å². The number of likely N-dealkylation sites (tertiary alicyclic amines) is 1. The average molecular weight is 391 g/mol. The number of guanidine groups is 2. The molecule has 0 radical (unpaired) electrons. The third kappa shape index (κ3) is 3.92. The highest BCUT2D eigenvalue weighted by Gasteiger charge is 2.32. The molecule has 152 valence electrons. The Morgan fingerprint density at radius 3 is 2.21 bits per heavy atom. The second-order valence-electron chi connectivity index (χ2n) is 8.05. The van der Waals surface area contributed by atoms with Crippen molar-refractivity contribution in [2.75, 3.05) is 23.3 Å². The van der Waals surface area contributed by atoms with Gasteiger partial charge >= 0.3 is 0 Å². The fourth-order valence-corrected chi connectivity index (χ4v) is 3.83. The zero-order valence-corrected chi connectivity index (χ0v) is 17.7. The van der Waals surface area contributed by atoms with Crippen molar-refractivity contribution < 1.29 is 0 Å². The van der Waals surface area contributed by atoms with Crippen molar-refractivity contribution in [3.8, 4) is 0 Å². The van der Waals surface area contributed by atoms with Crippen LogP contribution in [0, 0.1) is 27.7 Å². The van der Waals surface area contributed by atoms with Crippen LogP contribution in [0.1, 0.15) is 35.1 Å². The van der Waals surface area contributed by atoms with Gasteiger partial charge < -0.3 is 16.0 Å². The molecule has 0 bridgehead atoms. The van der Waals surface area contributed by atoms with Crippen molar-refractivity contribution in [1.29, 1.82) is 0 Å². The minimum atomic E-state index is -0.354. The Bertz CT molecular complexity index is 971. The van der Waals surface area contributed by atoms with Crippen LogP contribution in [0.25, 0.3) is 0 Å². The fourth-order valence-electron chi connectivity index (χ4n) is 3.83. The summed E-state index contributed by atoms with van der Waals surface area (Å²) in [5, 5.41) is 3.57. The molecule has 0 amide bonds. The SMILES string of the molecule is Cc1ccc(NC2N=C(N)N=C(N3CCCC3)N2c2ccc(C)c(C)c2)cc1C. The highest BCUT2D eigenvalue weighted by atomic mass is 15.5. The molecule has 6 heteroatoms. The summed E-state index contributed by atoms with van der Waals surface area (Å²) in [5.74, 6) is 1.19. The molecule has 0 spiro atoms. The summed E-state index contributed by atoms with van der Waals surface area (Å²) in [5.41, 5.74) is 13.3. The minimum Gasteiger partial charge on any atom is -0.368 e. The molecule has 2 aliphatic heterocycles. The van der Waals surface area contributed by atoms with Crippen molar-refractivity contribution in [1.82, 2.24) is 4.90 Å². The highest BCUT2D eigenvalue weighted by molar-refractivity contribution is 6.06. The van der Waals surface area contributed by atoms with E-state index in [-0.39, 0.29) is 6.29 Å². The Morgan fingerprint density at radius 2 is 1.55 bits per heavy atom. The van der Waals surface area contributed by atoms with E-state index >= 15 is 0 Å². The van der Waals surface area contributed by atoms with Crippen molar-refractivity contribution in [3.05, 3.63) is 58.7 Å². The molecule has 1 saturated heterocycles. The largest absolute Gasteiger partial charge is 0.368 e. The van der Waals surface area contributed by atoms with Gasteiger partial charge in [0.25, 0.3) is 0 Å². The smallest absolute Gasteiger partial charge is 0.222 e. The first-order chi connectivity index (χ1) is 13.9. The summed E-state index contributed by atoms with van der Waals surface area (Å²) in [6.07, 6.45) is 1.99. The van der Waals surface area contributed by atoms with E-state index in [9.17, 15) is 0 Å². The van der Waals surface area contributed by atoms with Gasteiger partial charge in [-0.1, -0.05) is 12.1 Å². The van der Waals surface area contributed by atoms with Crippen LogP contribution in [-0.2, 0) is 0 Å². The molecule has 2 heterocycles. The van der Waals surface area contributed by atoms with Gasteiger partial charge in [0.1, 0.15) is 0 Å². The lowest BCUT2D eigenvalue weighted by Crippen LogP contribution is -2.54. The van der Waals surface area contributed by atoms with E-state index in [4.69, 9.17) is 5.73 Å². The first-order valence-electron chi connectivity index (χ1n) is 10.3. The summed E-state index contributed by atoms with van der Waals surface area (Å²) >= 11 is 0. The van der Waals surface area contributed by atoms with E-state index in [1.807, 2.05) is 0 Å². The zero-order valence-electron chi connectivity index (χ0n) is 17.7. The predicted octanol–water partition coefficient (Wildman–Crippen LogP) is 3.90. The van der Waals surface area contributed by atoms with Crippen LogP contribution in [0.5, 0.6) is 0 Å². The van der Waals surface area contributed by atoms with Gasteiger partial charge in [0.15, 0.2) is 0 Å². The third-order valence-electron chi connectivity index (χ3n) is 5.89. The van der Waals surface area contributed by atoms with Crippen LogP contribution in [0.4, 0.5) is 11.4 Å². The van der Waals surface area contributed by atoms with E-state index < -0.39 is 0 Å². The number of nitrogens with one attached hydrogen (secondary N) is 1. The first-order valence-corrected chi connectivity index (χ1v) is 10.3. The Kier molecular flexibility index (Phi) is 5.18. The standard InChI is InChI=1S/C23H30N6/c1-15-7-9-19(13-17(15)3)25-22-26-21(24)27-23(28-11-5-6-12-28)29(22)20-10-8-16(2)18(4)14-20/h7-10,13-14,22,25H,5-6,11-12H2,1-4H3,(H2,24,26). The number of hydrogen-bond acceptors (Lipinski definition) is 6. The van der Waals surface area contributed by atoms with Crippen molar-refractivity contribution in [3.63, 3.8) is 0 Å². The van der Waals surface area contributed by atoms with E-state index in [0.29, 0.717) is 5.96 Å². The molecule has 0 aromatic heterocycles. The van der Waals surface area contributed by atoms with Gasteiger partial charge in [-0.3, -0.25) is 4.90 Å². The number of benzene rings is 2. The molecule has 29 heavy (non-hydrogen) atoms. The minimum absolute atomic E-state index is 0.313. The van der Waals surface area contributed by atoms with Gasteiger partial charge in [0.05, 0.1) is 0 Å². The third-order valence-corrected chi connectivity index (χ3v) is 5.89. The van der Waals surface area contributed by atoms with E-state index in [0.717, 1.165) is 30.4 Å². The molecule has 6 nitrogen and oxygen atoms in total.